The molecule has 2 aliphatic rings. The second-order valence-corrected chi connectivity index (χ2v) is 8.34. The number of nitrogens with zero attached hydrogens (tertiary/aromatic N) is 2. The van der Waals surface area contributed by atoms with Crippen LogP contribution in [0.1, 0.15) is 28.2 Å². The summed E-state index contributed by atoms with van der Waals surface area (Å²) in [5.74, 6) is 0. The Hall–Kier alpha value is -1.27. The molecule has 2 aromatic rings. The normalized spacial score (nSPS) is 23.3. The van der Waals surface area contributed by atoms with Crippen molar-refractivity contribution < 1.29 is 9.47 Å². The molecule has 1 atom stereocenters. The van der Waals surface area contributed by atoms with E-state index in [0.717, 1.165) is 39.1 Å². The molecule has 1 unspecified atom stereocenters. The highest BCUT2D eigenvalue weighted by atomic mass is 32.1. The predicted octanol–water partition coefficient (Wildman–Crippen LogP) is 3.40. The van der Waals surface area contributed by atoms with Gasteiger partial charge in [-0.25, -0.2) is 0 Å². The first-order chi connectivity index (χ1) is 11.7. The summed E-state index contributed by atoms with van der Waals surface area (Å²) in [6.45, 7) is 6.75. The molecule has 2 fully saturated rings. The Morgan fingerprint density at radius 2 is 2.12 bits per heavy atom. The van der Waals surface area contributed by atoms with Crippen LogP contribution in [0, 0.1) is 6.92 Å². The number of aromatic nitrogens is 1. The first-order valence-corrected chi connectivity index (χ1v) is 9.45. The van der Waals surface area contributed by atoms with Crippen LogP contribution < -0.4 is 0 Å². The van der Waals surface area contributed by atoms with Gasteiger partial charge in [-0.1, -0.05) is 0 Å². The quantitative estimate of drug-likeness (QED) is 0.833. The minimum atomic E-state index is 0.0213. The second-order valence-electron chi connectivity index (χ2n) is 6.97. The number of likely N-dealkylation sites (tertiary alicyclic amines) is 1. The van der Waals surface area contributed by atoms with Crippen molar-refractivity contribution >= 4 is 11.3 Å². The van der Waals surface area contributed by atoms with Gasteiger partial charge < -0.3 is 9.47 Å². The summed E-state index contributed by atoms with van der Waals surface area (Å²) in [6, 6.07) is 8.48. The van der Waals surface area contributed by atoms with Gasteiger partial charge >= 0.3 is 0 Å². The lowest BCUT2D eigenvalue weighted by Crippen LogP contribution is -2.65. The molecular weight excluding hydrogens is 320 g/mol. The lowest BCUT2D eigenvalue weighted by atomic mass is 9.84. The molecule has 2 aliphatic heterocycles. The van der Waals surface area contributed by atoms with Crippen molar-refractivity contribution in [2.24, 2.45) is 0 Å². The Morgan fingerprint density at radius 3 is 2.88 bits per heavy atom. The maximum atomic E-state index is 6.13. The van der Waals surface area contributed by atoms with Gasteiger partial charge in [-0.2, -0.15) is 0 Å². The molecule has 4 heterocycles. The molecule has 2 saturated heterocycles. The third kappa shape index (κ3) is 3.70. The summed E-state index contributed by atoms with van der Waals surface area (Å²) in [4.78, 5) is 9.37. The van der Waals surface area contributed by atoms with Crippen molar-refractivity contribution in [3.63, 3.8) is 0 Å². The highest BCUT2D eigenvalue weighted by molar-refractivity contribution is 7.11. The van der Waals surface area contributed by atoms with Crippen molar-refractivity contribution in [2.45, 2.75) is 44.6 Å². The Labute approximate surface area is 147 Å². The van der Waals surface area contributed by atoms with Crippen molar-refractivity contribution in [2.75, 3.05) is 19.7 Å². The van der Waals surface area contributed by atoms with E-state index < -0.39 is 0 Å². The number of ether oxygens (including phenoxy) is 2. The summed E-state index contributed by atoms with van der Waals surface area (Å²) >= 11 is 1.89. The molecule has 0 saturated carbocycles. The SMILES string of the molecule is Cc1ccc(CN2CC3(CC(OCc4ccncc4)CCO3)C2)s1. The number of aryl methyl sites for hydroxylation is 1. The second kappa shape index (κ2) is 6.92. The van der Waals surface area contributed by atoms with Crippen LogP contribution in [0.3, 0.4) is 0 Å². The van der Waals surface area contributed by atoms with Gasteiger partial charge in [0.05, 0.1) is 18.3 Å². The van der Waals surface area contributed by atoms with Crippen molar-refractivity contribution in [1.29, 1.82) is 0 Å². The Morgan fingerprint density at radius 1 is 1.29 bits per heavy atom. The minimum absolute atomic E-state index is 0.0213. The maximum Gasteiger partial charge on any atom is 0.0959 e. The van der Waals surface area contributed by atoms with Crippen LogP contribution in [0.15, 0.2) is 36.7 Å². The van der Waals surface area contributed by atoms with Gasteiger partial charge in [-0.3, -0.25) is 9.88 Å². The molecule has 4 nitrogen and oxygen atoms in total. The van der Waals surface area contributed by atoms with Gasteiger partial charge in [0.15, 0.2) is 0 Å². The summed E-state index contributed by atoms with van der Waals surface area (Å²) < 4.78 is 12.3. The zero-order chi connectivity index (χ0) is 16.4. The topological polar surface area (TPSA) is 34.6 Å². The summed E-state index contributed by atoms with van der Waals surface area (Å²) in [5, 5.41) is 0. The zero-order valence-electron chi connectivity index (χ0n) is 14.1. The molecule has 2 aromatic heterocycles. The minimum Gasteiger partial charge on any atom is -0.373 e. The van der Waals surface area contributed by atoms with Gasteiger partial charge in [-0.15, -0.1) is 11.3 Å². The van der Waals surface area contributed by atoms with Gasteiger partial charge in [0, 0.05) is 54.8 Å². The van der Waals surface area contributed by atoms with E-state index in [0.29, 0.717) is 12.7 Å². The van der Waals surface area contributed by atoms with Crippen molar-refractivity contribution in [3.05, 3.63) is 52.0 Å². The molecule has 128 valence electrons. The first-order valence-electron chi connectivity index (χ1n) is 8.63. The molecule has 1 spiro atoms. The van der Waals surface area contributed by atoms with E-state index in [1.54, 1.807) is 0 Å². The summed E-state index contributed by atoms with van der Waals surface area (Å²) in [7, 11) is 0. The number of hydrogen-bond donors (Lipinski definition) is 0. The number of thiophene rings is 1. The standard InChI is InChI=1S/C19H24N2O2S/c1-15-2-3-18(24-15)11-21-13-19(14-21)10-17(6-9-23-19)22-12-16-4-7-20-8-5-16/h2-5,7-8,17H,6,9-14H2,1H3. The fourth-order valence-corrected chi connectivity index (χ4v) is 4.64. The van der Waals surface area contributed by atoms with Gasteiger partial charge in [0.25, 0.3) is 0 Å². The highest BCUT2D eigenvalue weighted by Crippen LogP contribution is 2.36. The molecule has 0 bridgehead atoms. The highest BCUT2D eigenvalue weighted by Gasteiger charge is 2.47. The van der Waals surface area contributed by atoms with Crippen LogP contribution in [0.5, 0.6) is 0 Å². The van der Waals surface area contributed by atoms with Gasteiger partial charge in [0.2, 0.25) is 0 Å². The van der Waals surface area contributed by atoms with Crippen LogP contribution in [-0.2, 0) is 22.6 Å². The van der Waals surface area contributed by atoms with E-state index in [2.05, 4.69) is 28.9 Å². The molecule has 0 N–H and O–H groups in total. The Bertz CT molecular complexity index is 667. The fourth-order valence-electron chi connectivity index (χ4n) is 3.71. The number of pyridine rings is 1. The van der Waals surface area contributed by atoms with Crippen molar-refractivity contribution in [1.82, 2.24) is 9.88 Å². The van der Waals surface area contributed by atoms with Crippen LogP contribution in [-0.4, -0.2) is 41.3 Å². The Balaban J connectivity index is 1.26. The van der Waals surface area contributed by atoms with E-state index in [4.69, 9.17) is 9.47 Å². The van der Waals surface area contributed by atoms with Crippen LogP contribution in [0.25, 0.3) is 0 Å². The van der Waals surface area contributed by atoms with E-state index in [-0.39, 0.29) is 5.60 Å². The summed E-state index contributed by atoms with van der Waals surface area (Å²) in [6.07, 6.45) is 5.95. The maximum absolute atomic E-state index is 6.13. The zero-order valence-corrected chi connectivity index (χ0v) is 14.9. The molecule has 0 radical (unpaired) electrons. The lowest BCUT2D eigenvalue weighted by molar-refractivity contribution is -0.200. The third-order valence-corrected chi connectivity index (χ3v) is 5.87. The molecule has 4 rings (SSSR count). The molecule has 0 aromatic carbocycles. The summed E-state index contributed by atoms with van der Waals surface area (Å²) in [5.41, 5.74) is 1.21. The molecule has 5 heteroatoms. The average Bonchev–Trinajstić information content (AvgIpc) is 2.98. The fraction of sp³-hybridized carbons (Fsp3) is 0.526. The smallest absolute Gasteiger partial charge is 0.0959 e. The van der Waals surface area contributed by atoms with E-state index in [9.17, 15) is 0 Å². The van der Waals surface area contributed by atoms with Gasteiger partial charge in [0.1, 0.15) is 0 Å². The largest absolute Gasteiger partial charge is 0.373 e. The number of rotatable bonds is 5. The van der Waals surface area contributed by atoms with Crippen LogP contribution in [0.4, 0.5) is 0 Å². The molecular formula is C19H24N2O2S. The molecule has 0 amide bonds. The van der Waals surface area contributed by atoms with Crippen LogP contribution in [0.2, 0.25) is 0 Å². The predicted molar refractivity (Wildman–Crippen MR) is 95.1 cm³/mol. The first kappa shape index (κ1) is 16.2. The van der Waals surface area contributed by atoms with Crippen LogP contribution >= 0.6 is 11.3 Å². The Kier molecular flexibility index (Phi) is 4.68. The average molecular weight is 344 g/mol. The molecule has 0 aliphatic carbocycles. The van der Waals surface area contributed by atoms with E-state index in [1.807, 2.05) is 35.9 Å². The van der Waals surface area contributed by atoms with Crippen molar-refractivity contribution in [3.8, 4) is 0 Å². The number of hydrogen-bond acceptors (Lipinski definition) is 5. The van der Waals surface area contributed by atoms with E-state index in [1.165, 1.54) is 15.3 Å². The van der Waals surface area contributed by atoms with Gasteiger partial charge in [-0.05, 0) is 43.2 Å². The third-order valence-electron chi connectivity index (χ3n) is 4.88. The molecule has 24 heavy (non-hydrogen) atoms. The lowest BCUT2D eigenvalue weighted by Gasteiger charge is -2.53. The van der Waals surface area contributed by atoms with E-state index >= 15 is 0 Å². The monoisotopic (exact) mass is 344 g/mol.